The van der Waals surface area contributed by atoms with Gasteiger partial charge in [0.15, 0.2) is 13.9 Å². The number of aryl methyl sites for hydroxylation is 1. The smallest absolute Gasteiger partial charge is 0.330 e. The number of carbonyl (C=O) groups excluding carboxylic acids is 1. The number of ether oxygens (including phenoxy) is 1. The lowest BCUT2D eigenvalue weighted by Crippen LogP contribution is -2.64. The Kier molecular flexibility index (Phi) is 9.11. The predicted molar refractivity (Wildman–Crippen MR) is 140 cm³/mol. The van der Waals surface area contributed by atoms with E-state index in [1.54, 1.807) is 31.2 Å². The van der Waals surface area contributed by atoms with Crippen molar-refractivity contribution in [2.45, 2.75) is 88.9 Å². The maximum atomic E-state index is 13.4. The fourth-order valence-corrected chi connectivity index (χ4v) is 6.11. The molecule has 2 aromatic carbocycles. The first-order chi connectivity index (χ1) is 16.0. The molecule has 0 bridgehead atoms. The van der Waals surface area contributed by atoms with Crippen molar-refractivity contribution in [1.29, 1.82) is 0 Å². The van der Waals surface area contributed by atoms with Gasteiger partial charge in [0.05, 0.1) is 11.0 Å². The van der Waals surface area contributed by atoms with E-state index in [1.165, 1.54) is 19.1 Å². The lowest BCUT2D eigenvalue weighted by Gasteiger charge is -2.42. The van der Waals surface area contributed by atoms with E-state index in [0.29, 0.717) is 0 Å². The van der Waals surface area contributed by atoms with Gasteiger partial charge in [0.25, 0.3) is 0 Å². The van der Waals surface area contributed by atoms with E-state index in [1.807, 2.05) is 38.2 Å². The molecular formula is C26H39NO6SSi. The highest BCUT2D eigenvalue weighted by Gasteiger charge is 2.50. The number of benzene rings is 2. The van der Waals surface area contributed by atoms with Crippen LogP contribution in [0.3, 0.4) is 0 Å². The molecule has 7 nitrogen and oxygen atoms in total. The Bertz CT molecular complexity index is 1100. The van der Waals surface area contributed by atoms with Crippen LogP contribution in [-0.4, -0.2) is 45.6 Å². The summed E-state index contributed by atoms with van der Waals surface area (Å²) in [4.78, 5) is 13.3. The van der Waals surface area contributed by atoms with Gasteiger partial charge < -0.3 is 14.3 Å². The number of sulfonamides is 1. The molecule has 0 amide bonds. The summed E-state index contributed by atoms with van der Waals surface area (Å²) in [6.45, 7) is 15.0. The van der Waals surface area contributed by atoms with Crippen LogP contribution in [0.1, 0.15) is 45.7 Å². The number of hydrogen-bond donors (Lipinski definition) is 2. The highest BCUT2D eigenvalue weighted by molar-refractivity contribution is 7.89. The van der Waals surface area contributed by atoms with Gasteiger partial charge in [-0.25, -0.2) is 13.2 Å². The summed E-state index contributed by atoms with van der Waals surface area (Å²) in [5.41, 5.74) is -0.365. The average molecular weight is 522 g/mol. The first kappa shape index (κ1) is 29.2. The maximum Gasteiger partial charge on any atom is 0.330 e. The number of carbonyl (C=O) groups is 1. The predicted octanol–water partition coefficient (Wildman–Crippen LogP) is 4.55. The summed E-state index contributed by atoms with van der Waals surface area (Å²) < 4.78 is 40.7. The van der Waals surface area contributed by atoms with E-state index < -0.39 is 42.1 Å². The second kappa shape index (κ2) is 10.9. The molecule has 0 saturated carbocycles. The fraction of sp³-hybridized carbons (Fsp3) is 0.500. The standard InChI is InChI=1S/C26H39NO6SSi/c1-19-14-16-22(17-15-19)34(30,31)27-26(6,24(29)32-18-21-12-10-9-11-13-21)23(28)20(2)33-35(7,8)25(3,4)5/h9-17,20,23,27-28H,18H2,1-8H3. The molecule has 194 valence electrons. The van der Waals surface area contributed by atoms with Crippen molar-refractivity contribution < 1.29 is 27.5 Å². The van der Waals surface area contributed by atoms with Crippen LogP contribution in [0, 0.1) is 6.92 Å². The summed E-state index contributed by atoms with van der Waals surface area (Å²) in [6.07, 6.45) is -2.36. The molecule has 35 heavy (non-hydrogen) atoms. The Labute approximate surface area is 211 Å². The normalized spacial score (nSPS) is 16.3. The lowest BCUT2D eigenvalue weighted by molar-refractivity contribution is -0.159. The zero-order valence-corrected chi connectivity index (χ0v) is 23.8. The molecule has 0 heterocycles. The SMILES string of the molecule is Cc1ccc(S(=O)(=O)NC(C)(C(=O)OCc2ccccc2)C(O)C(C)O[Si](C)(C)C(C)(C)C)cc1. The summed E-state index contributed by atoms with van der Waals surface area (Å²) in [7, 11) is -6.50. The molecule has 0 spiro atoms. The average Bonchev–Trinajstić information content (AvgIpc) is 2.76. The van der Waals surface area contributed by atoms with Crippen LogP contribution in [0.15, 0.2) is 59.5 Å². The van der Waals surface area contributed by atoms with E-state index in [9.17, 15) is 18.3 Å². The molecule has 3 atom stereocenters. The molecule has 0 aliphatic rings. The molecule has 0 aliphatic heterocycles. The third-order valence-corrected chi connectivity index (χ3v) is 12.8. The van der Waals surface area contributed by atoms with Crippen molar-refractivity contribution in [3.63, 3.8) is 0 Å². The lowest BCUT2D eigenvalue weighted by atomic mass is 9.92. The molecule has 2 aromatic rings. The maximum absolute atomic E-state index is 13.4. The molecule has 3 unspecified atom stereocenters. The Morgan fingerprint density at radius 3 is 2.09 bits per heavy atom. The second-order valence-electron chi connectivity index (χ2n) is 10.7. The van der Waals surface area contributed by atoms with Crippen LogP contribution in [0.2, 0.25) is 18.1 Å². The molecule has 9 heteroatoms. The molecule has 2 rings (SSSR count). The van der Waals surface area contributed by atoms with Gasteiger partial charge in [-0.05, 0) is 56.6 Å². The van der Waals surface area contributed by atoms with Crippen molar-refractivity contribution in [2.24, 2.45) is 0 Å². The quantitative estimate of drug-likeness (QED) is 0.351. The largest absolute Gasteiger partial charge is 0.459 e. The van der Waals surface area contributed by atoms with Crippen LogP contribution < -0.4 is 4.72 Å². The van der Waals surface area contributed by atoms with E-state index >= 15 is 0 Å². The van der Waals surface area contributed by atoms with Crippen LogP contribution in [0.25, 0.3) is 0 Å². The van der Waals surface area contributed by atoms with Crippen LogP contribution in [-0.2, 0) is 30.6 Å². The summed E-state index contributed by atoms with van der Waals surface area (Å²) in [5.74, 6) is -0.893. The Morgan fingerprint density at radius 1 is 1.03 bits per heavy atom. The van der Waals surface area contributed by atoms with Crippen molar-refractivity contribution in [3.05, 3.63) is 65.7 Å². The van der Waals surface area contributed by atoms with E-state index in [4.69, 9.17) is 9.16 Å². The summed E-state index contributed by atoms with van der Waals surface area (Å²) in [6, 6.07) is 15.3. The van der Waals surface area contributed by atoms with E-state index in [0.717, 1.165) is 11.1 Å². The van der Waals surface area contributed by atoms with Gasteiger partial charge in [-0.3, -0.25) is 0 Å². The van der Waals surface area contributed by atoms with E-state index in [-0.39, 0.29) is 16.5 Å². The van der Waals surface area contributed by atoms with Crippen LogP contribution in [0.5, 0.6) is 0 Å². The Morgan fingerprint density at radius 2 is 1.57 bits per heavy atom. The monoisotopic (exact) mass is 521 g/mol. The van der Waals surface area contributed by atoms with Gasteiger partial charge in [-0.1, -0.05) is 68.8 Å². The highest BCUT2D eigenvalue weighted by atomic mass is 32.2. The summed E-state index contributed by atoms with van der Waals surface area (Å²) in [5, 5.41) is 11.2. The van der Waals surface area contributed by atoms with Crippen molar-refractivity contribution >= 4 is 24.3 Å². The van der Waals surface area contributed by atoms with Gasteiger partial charge in [0.2, 0.25) is 10.0 Å². The van der Waals surface area contributed by atoms with Gasteiger partial charge in [-0.15, -0.1) is 0 Å². The molecule has 0 radical (unpaired) electrons. The Hall–Kier alpha value is -2.04. The number of rotatable bonds is 10. The first-order valence-corrected chi connectivity index (χ1v) is 16.1. The number of aliphatic hydroxyl groups excluding tert-OH is 1. The second-order valence-corrected chi connectivity index (χ2v) is 17.1. The topological polar surface area (TPSA) is 102 Å². The zero-order valence-electron chi connectivity index (χ0n) is 22.0. The van der Waals surface area contributed by atoms with Gasteiger partial charge >= 0.3 is 5.97 Å². The molecule has 0 fully saturated rings. The molecule has 0 aliphatic carbocycles. The third-order valence-electron chi connectivity index (χ3n) is 6.64. The molecule has 0 saturated heterocycles. The van der Waals surface area contributed by atoms with Gasteiger partial charge in [0.1, 0.15) is 12.7 Å². The highest BCUT2D eigenvalue weighted by Crippen LogP contribution is 2.38. The number of esters is 1. The van der Waals surface area contributed by atoms with Crippen molar-refractivity contribution in [2.75, 3.05) is 0 Å². The van der Waals surface area contributed by atoms with E-state index in [2.05, 4.69) is 25.5 Å². The minimum atomic E-state index is -4.17. The third kappa shape index (κ3) is 7.24. The molecule has 0 aromatic heterocycles. The number of aliphatic hydroxyl groups is 1. The molecular weight excluding hydrogens is 482 g/mol. The molecule has 2 N–H and O–H groups in total. The minimum Gasteiger partial charge on any atom is -0.459 e. The van der Waals surface area contributed by atoms with Crippen LogP contribution in [0.4, 0.5) is 0 Å². The van der Waals surface area contributed by atoms with Crippen molar-refractivity contribution in [3.8, 4) is 0 Å². The van der Waals surface area contributed by atoms with Crippen LogP contribution >= 0.6 is 0 Å². The van der Waals surface area contributed by atoms with Crippen molar-refractivity contribution in [1.82, 2.24) is 4.72 Å². The zero-order chi connectivity index (χ0) is 26.7. The number of nitrogens with one attached hydrogen (secondary N) is 1. The number of hydrogen-bond acceptors (Lipinski definition) is 6. The summed E-state index contributed by atoms with van der Waals surface area (Å²) >= 11 is 0. The van der Waals surface area contributed by atoms with Gasteiger partial charge in [0, 0.05) is 0 Å². The first-order valence-electron chi connectivity index (χ1n) is 11.7. The Balaban J connectivity index is 2.39. The van der Waals surface area contributed by atoms with Gasteiger partial charge in [-0.2, -0.15) is 4.72 Å². The minimum absolute atomic E-state index is 0.0182. The fourth-order valence-electron chi connectivity index (χ4n) is 3.33.